The van der Waals surface area contributed by atoms with Gasteiger partial charge in [-0.1, -0.05) is 12.1 Å². The summed E-state index contributed by atoms with van der Waals surface area (Å²) in [6.07, 6.45) is 1.71. The van der Waals surface area contributed by atoms with Crippen LogP contribution in [0.3, 0.4) is 0 Å². The van der Waals surface area contributed by atoms with Crippen LogP contribution in [0.4, 0.5) is 0 Å². The van der Waals surface area contributed by atoms with Gasteiger partial charge in [-0.2, -0.15) is 9.36 Å². The number of rotatable bonds is 6. The summed E-state index contributed by atoms with van der Waals surface area (Å²) in [6, 6.07) is 13.7. The van der Waals surface area contributed by atoms with E-state index in [1.165, 1.54) is 9.36 Å². The standard InChI is InChI=1S/C24H25N5O3/c1-15-8-6-10-21(29-24(30)28(4)26-27-29)20(15)14-32-22-13-16(2)19(12-17(22)3)18-9-7-11-25-23(18)31-5/h6-13H,14H2,1-5H3. The van der Waals surface area contributed by atoms with Crippen molar-refractivity contribution >= 4 is 0 Å². The van der Waals surface area contributed by atoms with Crippen molar-refractivity contribution in [3.8, 4) is 28.4 Å². The average Bonchev–Trinajstić information content (AvgIpc) is 3.12. The summed E-state index contributed by atoms with van der Waals surface area (Å²) in [5.41, 5.74) is 6.26. The Kier molecular flexibility index (Phi) is 5.77. The third-order valence-electron chi connectivity index (χ3n) is 5.48. The Labute approximate surface area is 186 Å². The van der Waals surface area contributed by atoms with Crippen LogP contribution in [0.2, 0.25) is 0 Å². The zero-order valence-electron chi connectivity index (χ0n) is 18.8. The number of pyridine rings is 1. The molecule has 8 heteroatoms. The van der Waals surface area contributed by atoms with E-state index < -0.39 is 0 Å². The number of aryl methyl sites for hydroxylation is 4. The Morgan fingerprint density at radius 3 is 2.47 bits per heavy atom. The van der Waals surface area contributed by atoms with E-state index in [1.54, 1.807) is 20.4 Å². The summed E-state index contributed by atoms with van der Waals surface area (Å²) in [6.45, 7) is 6.32. The molecule has 0 atom stereocenters. The molecule has 0 bridgehead atoms. The van der Waals surface area contributed by atoms with E-state index in [4.69, 9.17) is 9.47 Å². The number of ether oxygens (including phenoxy) is 2. The minimum Gasteiger partial charge on any atom is -0.489 e. The van der Waals surface area contributed by atoms with Crippen molar-refractivity contribution in [3.63, 3.8) is 0 Å². The molecule has 0 saturated heterocycles. The third-order valence-corrected chi connectivity index (χ3v) is 5.48. The molecule has 8 nitrogen and oxygen atoms in total. The van der Waals surface area contributed by atoms with Crippen LogP contribution in [-0.2, 0) is 13.7 Å². The molecular formula is C24H25N5O3. The molecule has 0 saturated carbocycles. The molecule has 2 aromatic carbocycles. The summed E-state index contributed by atoms with van der Waals surface area (Å²) in [7, 11) is 3.19. The monoisotopic (exact) mass is 431 g/mol. The van der Waals surface area contributed by atoms with E-state index in [2.05, 4.69) is 21.5 Å². The molecule has 0 aliphatic carbocycles. The van der Waals surface area contributed by atoms with E-state index in [0.29, 0.717) is 18.2 Å². The average molecular weight is 431 g/mol. The van der Waals surface area contributed by atoms with Gasteiger partial charge in [-0.15, -0.1) is 0 Å². The van der Waals surface area contributed by atoms with Crippen LogP contribution >= 0.6 is 0 Å². The van der Waals surface area contributed by atoms with Gasteiger partial charge in [0.15, 0.2) is 0 Å². The van der Waals surface area contributed by atoms with E-state index in [0.717, 1.165) is 39.1 Å². The summed E-state index contributed by atoms with van der Waals surface area (Å²) >= 11 is 0. The molecule has 0 unspecified atom stereocenters. The molecule has 164 valence electrons. The van der Waals surface area contributed by atoms with Crippen LogP contribution in [0, 0.1) is 20.8 Å². The van der Waals surface area contributed by atoms with Crippen molar-refractivity contribution in [2.45, 2.75) is 27.4 Å². The number of methoxy groups -OCH3 is 1. The second-order valence-corrected chi connectivity index (χ2v) is 7.65. The number of tetrazole rings is 1. The van der Waals surface area contributed by atoms with Crippen molar-refractivity contribution in [2.24, 2.45) is 7.05 Å². The third kappa shape index (κ3) is 3.87. The molecular weight excluding hydrogens is 406 g/mol. The van der Waals surface area contributed by atoms with Gasteiger partial charge in [0.2, 0.25) is 5.88 Å². The molecule has 0 spiro atoms. The van der Waals surface area contributed by atoms with Crippen LogP contribution < -0.4 is 15.2 Å². The smallest absolute Gasteiger partial charge is 0.368 e. The fourth-order valence-electron chi connectivity index (χ4n) is 3.68. The first-order valence-electron chi connectivity index (χ1n) is 10.2. The molecule has 0 radical (unpaired) electrons. The number of aromatic nitrogens is 5. The van der Waals surface area contributed by atoms with Crippen LogP contribution in [0.15, 0.2) is 53.5 Å². The normalized spacial score (nSPS) is 10.9. The van der Waals surface area contributed by atoms with E-state index in [1.807, 2.05) is 57.2 Å². The summed E-state index contributed by atoms with van der Waals surface area (Å²) < 4.78 is 14.1. The lowest BCUT2D eigenvalue weighted by Gasteiger charge is -2.17. The maximum absolute atomic E-state index is 12.4. The lowest BCUT2D eigenvalue weighted by Crippen LogP contribution is -2.23. The van der Waals surface area contributed by atoms with E-state index in [9.17, 15) is 4.79 Å². The predicted molar refractivity (Wildman–Crippen MR) is 121 cm³/mol. The van der Waals surface area contributed by atoms with Gasteiger partial charge in [0.1, 0.15) is 12.4 Å². The van der Waals surface area contributed by atoms with E-state index >= 15 is 0 Å². The Bertz CT molecular complexity index is 1340. The van der Waals surface area contributed by atoms with Crippen molar-refractivity contribution < 1.29 is 9.47 Å². The highest BCUT2D eigenvalue weighted by atomic mass is 16.5. The quantitative estimate of drug-likeness (QED) is 0.464. The molecule has 4 rings (SSSR count). The fraction of sp³-hybridized carbons (Fsp3) is 0.250. The minimum atomic E-state index is -0.307. The highest BCUT2D eigenvalue weighted by Gasteiger charge is 2.16. The van der Waals surface area contributed by atoms with Crippen molar-refractivity contribution in [1.82, 2.24) is 24.8 Å². The number of hydrogen-bond donors (Lipinski definition) is 0. The number of hydrogen-bond acceptors (Lipinski definition) is 6. The first-order chi connectivity index (χ1) is 15.4. The Balaban J connectivity index is 1.67. The first-order valence-corrected chi connectivity index (χ1v) is 10.2. The van der Waals surface area contributed by atoms with Gasteiger partial charge in [-0.05, 0) is 83.8 Å². The number of nitrogens with zero attached hydrogens (tertiary/aromatic N) is 5. The zero-order valence-corrected chi connectivity index (χ0v) is 18.8. The topological polar surface area (TPSA) is 84.1 Å². The molecule has 4 aromatic rings. The maximum Gasteiger partial charge on any atom is 0.368 e. The summed E-state index contributed by atoms with van der Waals surface area (Å²) in [5.74, 6) is 1.36. The van der Waals surface area contributed by atoms with Gasteiger partial charge in [-0.3, -0.25) is 0 Å². The van der Waals surface area contributed by atoms with Crippen molar-refractivity contribution in [3.05, 3.63) is 81.4 Å². The first kappa shape index (κ1) is 21.3. The van der Waals surface area contributed by atoms with Gasteiger partial charge in [0.05, 0.1) is 12.8 Å². The van der Waals surface area contributed by atoms with Gasteiger partial charge in [0.25, 0.3) is 0 Å². The SMILES string of the molecule is COc1ncccc1-c1cc(C)c(OCc2c(C)cccc2-n2nnn(C)c2=O)cc1C. The maximum atomic E-state index is 12.4. The summed E-state index contributed by atoms with van der Waals surface area (Å²) in [5, 5.41) is 7.80. The molecule has 0 aliphatic heterocycles. The second kappa shape index (κ2) is 8.66. The fourth-order valence-corrected chi connectivity index (χ4v) is 3.68. The molecule has 0 amide bonds. The van der Waals surface area contributed by atoms with Gasteiger partial charge in [0, 0.05) is 24.4 Å². The largest absolute Gasteiger partial charge is 0.489 e. The minimum absolute atomic E-state index is 0.293. The lowest BCUT2D eigenvalue weighted by atomic mass is 9.98. The van der Waals surface area contributed by atoms with Gasteiger partial charge in [-0.25, -0.2) is 9.78 Å². The van der Waals surface area contributed by atoms with Crippen LogP contribution in [0.25, 0.3) is 16.8 Å². The van der Waals surface area contributed by atoms with Crippen molar-refractivity contribution in [1.29, 1.82) is 0 Å². The second-order valence-electron chi connectivity index (χ2n) is 7.65. The van der Waals surface area contributed by atoms with Crippen LogP contribution in [0.5, 0.6) is 11.6 Å². The molecule has 32 heavy (non-hydrogen) atoms. The molecule has 2 aromatic heterocycles. The molecule has 2 heterocycles. The molecule has 0 N–H and O–H groups in total. The van der Waals surface area contributed by atoms with Gasteiger partial charge >= 0.3 is 5.69 Å². The lowest BCUT2D eigenvalue weighted by molar-refractivity contribution is 0.302. The Morgan fingerprint density at radius 2 is 1.75 bits per heavy atom. The van der Waals surface area contributed by atoms with Crippen LogP contribution in [0.1, 0.15) is 22.3 Å². The highest BCUT2D eigenvalue weighted by molar-refractivity contribution is 5.73. The van der Waals surface area contributed by atoms with Crippen molar-refractivity contribution in [2.75, 3.05) is 7.11 Å². The zero-order chi connectivity index (χ0) is 22.8. The Morgan fingerprint density at radius 1 is 0.938 bits per heavy atom. The summed E-state index contributed by atoms with van der Waals surface area (Å²) in [4.78, 5) is 16.7. The molecule has 0 fully saturated rings. The van der Waals surface area contributed by atoms with Gasteiger partial charge < -0.3 is 9.47 Å². The van der Waals surface area contributed by atoms with E-state index in [-0.39, 0.29) is 5.69 Å². The number of benzene rings is 2. The predicted octanol–water partition coefficient (Wildman–Crippen LogP) is 3.54. The van der Waals surface area contributed by atoms with Crippen LogP contribution in [-0.4, -0.2) is 31.9 Å². The highest BCUT2D eigenvalue weighted by Crippen LogP contribution is 2.34. The molecule has 0 aliphatic rings. The Hall–Kier alpha value is -3.94.